The maximum absolute atomic E-state index is 8.69. The molecular formula is C11H15ClO2. The van der Waals surface area contributed by atoms with Crippen LogP contribution in [0.5, 0.6) is 5.75 Å². The lowest BCUT2D eigenvalue weighted by Gasteiger charge is -2.07. The second kappa shape index (κ2) is 5.89. The Morgan fingerprint density at radius 2 is 2.00 bits per heavy atom. The van der Waals surface area contributed by atoms with Crippen LogP contribution in [0.25, 0.3) is 0 Å². The highest BCUT2D eigenvalue weighted by Gasteiger charge is 2.04. The van der Waals surface area contributed by atoms with Gasteiger partial charge in [-0.3, -0.25) is 0 Å². The Morgan fingerprint density at radius 1 is 1.36 bits per heavy atom. The van der Waals surface area contributed by atoms with Crippen LogP contribution in [-0.4, -0.2) is 24.2 Å². The minimum Gasteiger partial charge on any atom is -0.497 e. The smallest absolute Gasteiger partial charge is 0.118 e. The van der Waals surface area contributed by atoms with Crippen molar-refractivity contribution in [2.24, 2.45) is 0 Å². The van der Waals surface area contributed by atoms with E-state index in [0.717, 1.165) is 12.2 Å². The van der Waals surface area contributed by atoms with Crippen molar-refractivity contribution in [3.8, 4) is 5.75 Å². The van der Waals surface area contributed by atoms with Crippen LogP contribution < -0.4 is 4.74 Å². The molecular weight excluding hydrogens is 200 g/mol. The number of alkyl halides is 1. The highest BCUT2D eigenvalue weighted by Crippen LogP contribution is 2.15. The topological polar surface area (TPSA) is 29.5 Å². The molecule has 0 fully saturated rings. The Hall–Kier alpha value is -0.730. The molecule has 2 nitrogen and oxygen atoms in total. The lowest BCUT2D eigenvalue weighted by Crippen LogP contribution is -2.05. The first-order valence-corrected chi connectivity index (χ1v) is 5.07. The SMILES string of the molecule is COc1ccc(CC(Cl)CCO)cc1. The van der Waals surface area contributed by atoms with Gasteiger partial charge in [0.2, 0.25) is 0 Å². The van der Waals surface area contributed by atoms with Crippen LogP contribution in [0.15, 0.2) is 24.3 Å². The van der Waals surface area contributed by atoms with E-state index < -0.39 is 0 Å². The van der Waals surface area contributed by atoms with Crippen LogP contribution in [0.2, 0.25) is 0 Å². The van der Waals surface area contributed by atoms with E-state index in [2.05, 4.69) is 0 Å². The number of methoxy groups -OCH3 is 1. The molecule has 0 bridgehead atoms. The van der Waals surface area contributed by atoms with Gasteiger partial charge in [-0.1, -0.05) is 12.1 Å². The summed E-state index contributed by atoms with van der Waals surface area (Å²) < 4.78 is 5.05. The number of hydrogen-bond acceptors (Lipinski definition) is 2. The number of aliphatic hydroxyl groups excluding tert-OH is 1. The van der Waals surface area contributed by atoms with Gasteiger partial charge in [-0.25, -0.2) is 0 Å². The van der Waals surface area contributed by atoms with Gasteiger partial charge in [-0.05, 0) is 30.5 Å². The molecule has 1 unspecified atom stereocenters. The van der Waals surface area contributed by atoms with Crippen LogP contribution in [0, 0.1) is 0 Å². The summed E-state index contributed by atoms with van der Waals surface area (Å²) in [6, 6.07) is 7.81. The second-order valence-electron chi connectivity index (χ2n) is 3.16. The average Bonchev–Trinajstić information content (AvgIpc) is 2.19. The number of benzene rings is 1. The molecule has 0 aliphatic heterocycles. The maximum Gasteiger partial charge on any atom is 0.118 e. The van der Waals surface area contributed by atoms with E-state index in [1.165, 1.54) is 5.56 Å². The molecule has 1 rings (SSSR count). The van der Waals surface area contributed by atoms with Crippen molar-refractivity contribution in [1.29, 1.82) is 0 Å². The van der Waals surface area contributed by atoms with Crippen LogP contribution in [-0.2, 0) is 6.42 Å². The summed E-state index contributed by atoms with van der Waals surface area (Å²) in [5.74, 6) is 0.849. The van der Waals surface area contributed by atoms with E-state index in [9.17, 15) is 0 Å². The quantitative estimate of drug-likeness (QED) is 0.762. The Morgan fingerprint density at radius 3 is 2.50 bits per heavy atom. The minimum absolute atomic E-state index is 0.00777. The molecule has 0 spiro atoms. The van der Waals surface area contributed by atoms with Crippen molar-refractivity contribution in [1.82, 2.24) is 0 Å². The molecule has 0 amide bonds. The highest BCUT2D eigenvalue weighted by atomic mass is 35.5. The summed E-state index contributed by atoms with van der Waals surface area (Å²) in [5.41, 5.74) is 1.17. The fraction of sp³-hybridized carbons (Fsp3) is 0.455. The third-order valence-corrected chi connectivity index (χ3v) is 2.43. The number of hydrogen-bond donors (Lipinski definition) is 1. The summed E-state index contributed by atoms with van der Waals surface area (Å²) in [6.07, 6.45) is 1.42. The van der Waals surface area contributed by atoms with Gasteiger partial charge in [0, 0.05) is 12.0 Å². The molecule has 1 N–H and O–H groups in total. The first kappa shape index (κ1) is 11.3. The fourth-order valence-corrected chi connectivity index (χ4v) is 1.54. The van der Waals surface area contributed by atoms with Crippen LogP contribution in [0.1, 0.15) is 12.0 Å². The van der Waals surface area contributed by atoms with Gasteiger partial charge < -0.3 is 9.84 Å². The molecule has 0 heterocycles. The zero-order valence-corrected chi connectivity index (χ0v) is 9.00. The Labute approximate surface area is 89.5 Å². The van der Waals surface area contributed by atoms with E-state index in [0.29, 0.717) is 6.42 Å². The molecule has 1 aromatic carbocycles. The predicted molar refractivity (Wildman–Crippen MR) is 58.0 cm³/mol. The van der Waals surface area contributed by atoms with Gasteiger partial charge in [-0.15, -0.1) is 11.6 Å². The van der Waals surface area contributed by atoms with Gasteiger partial charge in [-0.2, -0.15) is 0 Å². The molecule has 0 saturated heterocycles. The monoisotopic (exact) mass is 214 g/mol. The molecule has 0 aliphatic rings. The zero-order chi connectivity index (χ0) is 10.4. The third-order valence-electron chi connectivity index (χ3n) is 2.06. The van der Waals surface area contributed by atoms with E-state index >= 15 is 0 Å². The van der Waals surface area contributed by atoms with E-state index in [-0.39, 0.29) is 12.0 Å². The maximum atomic E-state index is 8.69. The lowest BCUT2D eigenvalue weighted by atomic mass is 10.1. The number of aliphatic hydroxyl groups is 1. The lowest BCUT2D eigenvalue weighted by molar-refractivity contribution is 0.286. The molecule has 14 heavy (non-hydrogen) atoms. The van der Waals surface area contributed by atoms with E-state index in [1.807, 2.05) is 24.3 Å². The van der Waals surface area contributed by atoms with Gasteiger partial charge in [0.15, 0.2) is 0 Å². The minimum atomic E-state index is 0.00777. The van der Waals surface area contributed by atoms with Gasteiger partial charge in [0.05, 0.1) is 7.11 Å². The summed E-state index contributed by atoms with van der Waals surface area (Å²) in [7, 11) is 1.64. The molecule has 78 valence electrons. The molecule has 0 radical (unpaired) electrons. The van der Waals surface area contributed by atoms with E-state index in [1.54, 1.807) is 7.11 Å². The van der Waals surface area contributed by atoms with Gasteiger partial charge >= 0.3 is 0 Å². The first-order chi connectivity index (χ1) is 6.76. The van der Waals surface area contributed by atoms with Crippen molar-refractivity contribution in [3.05, 3.63) is 29.8 Å². The number of ether oxygens (including phenoxy) is 1. The fourth-order valence-electron chi connectivity index (χ4n) is 1.26. The normalized spacial score (nSPS) is 12.5. The van der Waals surface area contributed by atoms with Crippen molar-refractivity contribution in [2.75, 3.05) is 13.7 Å². The standard InChI is InChI=1S/C11H15ClO2/c1-14-11-4-2-9(3-5-11)8-10(12)6-7-13/h2-5,10,13H,6-8H2,1H3. The molecule has 3 heteroatoms. The summed E-state index contributed by atoms with van der Waals surface area (Å²) in [5, 5.41) is 8.70. The zero-order valence-electron chi connectivity index (χ0n) is 8.24. The number of rotatable bonds is 5. The molecule has 0 aromatic heterocycles. The summed E-state index contributed by atoms with van der Waals surface area (Å²) in [6.45, 7) is 0.143. The van der Waals surface area contributed by atoms with Crippen molar-refractivity contribution >= 4 is 11.6 Å². The van der Waals surface area contributed by atoms with Crippen LogP contribution in [0.3, 0.4) is 0 Å². The Balaban J connectivity index is 2.50. The summed E-state index contributed by atoms with van der Waals surface area (Å²) in [4.78, 5) is 0. The Bertz CT molecular complexity index is 258. The molecule has 1 aromatic rings. The summed E-state index contributed by atoms with van der Waals surface area (Å²) >= 11 is 6.00. The predicted octanol–water partition coefficient (Wildman–Crippen LogP) is 2.23. The van der Waals surface area contributed by atoms with Gasteiger partial charge in [0.25, 0.3) is 0 Å². The average molecular weight is 215 g/mol. The largest absolute Gasteiger partial charge is 0.497 e. The van der Waals surface area contributed by atoms with Crippen molar-refractivity contribution in [3.63, 3.8) is 0 Å². The second-order valence-corrected chi connectivity index (χ2v) is 3.78. The molecule has 0 aliphatic carbocycles. The third kappa shape index (κ3) is 3.56. The van der Waals surface area contributed by atoms with E-state index in [4.69, 9.17) is 21.4 Å². The first-order valence-electron chi connectivity index (χ1n) is 4.64. The van der Waals surface area contributed by atoms with Crippen LogP contribution in [0.4, 0.5) is 0 Å². The van der Waals surface area contributed by atoms with Gasteiger partial charge in [0.1, 0.15) is 5.75 Å². The number of halogens is 1. The molecule has 0 saturated carbocycles. The van der Waals surface area contributed by atoms with Crippen molar-refractivity contribution in [2.45, 2.75) is 18.2 Å². The molecule has 1 atom stereocenters. The Kier molecular flexibility index (Phi) is 4.77. The van der Waals surface area contributed by atoms with Crippen LogP contribution >= 0.6 is 11.6 Å². The highest BCUT2D eigenvalue weighted by molar-refractivity contribution is 6.20. The van der Waals surface area contributed by atoms with Crippen molar-refractivity contribution < 1.29 is 9.84 Å².